The number of carbonyl (C=O) groups is 1. The van der Waals surface area contributed by atoms with Gasteiger partial charge in [-0.15, -0.1) is 11.3 Å². The van der Waals surface area contributed by atoms with Crippen LogP contribution in [0.15, 0.2) is 36.4 Å². The van der Waals surface area contributed by atoms with Crippen molar-refractivity contribution >= 4 is 17.3 Å². The van der Waals surface area contributed by atoms with Gasteiger partial charge in [-0.1, -0.05) is 30.3 Å². The van der Waals surface area contributed by atoms with Crippen molar-refractivity contribution in [1.29, 1.82) is 0 Å². The van der Waals surface area contributed by atoms with Crippen molar-refractivity contribution in [2.75, 3.05) is 7.11 Å². The lowest BCUT2D eigenvalue weighted by atomic mass is 10.2. The molecule has 1 aromatic carbocycles. The van der Waals surface area contributed by atoms with E-state index in [0.717, 1.165) is 18.7 Å². The average molecular weight is 316 g/mol. The Balaban J connectivity index is 2.24. The number of rotatable bonds is 4. The molecule has 0 atom stereocenters. The number of hydrogen-bond acceptors (Lipinski definition) is 4. The maximum atomic E-state index is 12.7. The standard InChI is InChI=1S/C14H11F3O3S/c1-19-13(18)12-10(7-11(21-12)14(15,16)17)20-8-9-5-3-2-4-6-9/h2-7H,8H2,1H3. The molecule has 0 fully saturated rings. The smallest absolute Gasteiger partial charge is 0.425 e. The fourth-order valence-electron chi connectivity index (χ4n) is 1.59. The Morgan fingerprint density at radius 2 is 1.90 bits per heavy atom. The Labute approximate surface area is 122 Å². The van der Waals surface area contributed by atoms with E-state index < -0.39 is 17.0 Å². The molecule has 0 N–H and O–H groups in total. The summed E-state index contributed by atoms with van der Waals surface area (Å²) in [4.78, 5) is 10.4. The number of methoxy groups -OCH3 is 1. The number of halogens is 3. The molecule has 2 aromatic rings. The topological polar surface area (TPSA) is 35.5 Å². The van der Waals surface area contributed by atoms with Crippen LogP contribution in [0.1, 0.15) is 20.1 Å². The highest BCUT2D eigenvalue weighted by Crippen LogP contribution is 2.40. The highest BCUT2D eigenvalue weighted by atomic mass is 32.1. The minimum absolute atomic E-state index is 0.0683. The summed E-state index contributed by atoms with van der Waals surface area (Å²) in [5.41, 5.74) is 0.785. The molecule has 0 bridgehead atoms. The predicted octanol–water partition coefficient (Wildman–Crippen LogP) is 4.13. The van der Waals surface area contributed by atoms with E-state index in [2.05, 4.69) is 4.74 Å². The van der Waals surface area contributed by atoms with E-state index in [0.29, 0.717) is 11.3 Å². The number of benzene rings is 1. The van der Waals surface area contributed by atoms with E-state index in [4.69, 9.17) is 4.74 Å². The molecule has 0 saturated carbocycles. The summed E-state index contributed by atoms with van der Waals surface area (Å²) < 4.78 is 48.0. The molecule has 1 heterocycles. The minimum Gasteiger partial charge on any atom is -0.487 e. The highest BCUT2D eigenvalue weighted by molar-refractivity contribution is 7.14. The van der Waals surface area contributed by atoms with Gasteiger partial charge in [0.05, 0.1) is 7.11 Å². The third-order valence-corrected chi connectivity index (χ3v) is 3.73. The largest absolute Gasteiger partial charge is 0.487 e. The van der Waals surface area contributed by atoms with Crippen molar-refractivity contribution in [3.05, 3.63) is 51.7 Å². The van der Waals surface area contributed by atoms with Crippen molar-refractivity contribution in [3.63, 3.8) is 0 Å². The first kappa shape index (κ1) is 15.4. The van der Waals surface area contributed by atoms with Crippen LogP contribution in [0.4, 0.5) is 13.2 Å². The molecular formula is C14H11F3O3S. The molecule has 0 amide bonds. The van der Waals surface area contributed by atoms with Crippen LogP contribution in [0.2, 0.25) is 0 Å². The summed E-state index contributed by atoms with van der Waals surface area (Å²) in [6, 6.07) is 9.75. The van der Waals surface area contributed by atoms with Crippen molar-refractivity contribution in [1.82, 2.24) is 0 Å². The van der Waals surface area contributed by atoms with Gasteiger partial charge in [0.25, 0.3) is 0 Å². The Bertz CT molecular complexity index is 620. The molecule has 2 rings (SSSR count). The van der Waals surface area contributed by atoms with Gasteiger partial charge in [-0.05, 0) is 5.56 Å². The third-order valence-electron chi connectivity index (χ3n) is 2.59. The van der Waals surface area contributed by atoms with Gasteiger partial charge in [-0.2, -0.15) is 13.2 Å². The lowest BCUT2D eigenvalue weighted by Gasteiger charge is -2.06. The fraction of sp³-hybridized carbons (Fsp3) is 0.214. The summed E-state index contributed by atoms with van der Waals surface area (Å²) in [6.45, 7) is 0.0683. The van der Waals surface area contributed by atoms with Crippen LogP contribution in [0.5, 0.6) is 5.75 Å². The SMILES string of the molecule is COC(=O)c1sc(C(F)(F)F)cc1OCc1ccccc1. The number of ether oxygens (including phenoxy) is 2. The van der Waals surface area contributed by atoms with E-state index in [1.807, 2.05) is 6.07 Å². The Hall–Kier alpha value is -2.02. The van der Waals surface area contributed by atoms with E-state index in [1.54, 1.807) is 24.3 Å². The van der Waals surface area contributed by atoms with Crippen molar-refractivity contribution in [2.45, 2.75) is 12.8 Å². The maximum Gasteiger partial charge on any atom is 0.425 e. The van der Waals surface area contributed by atoms with Crippen LogP contribution in [0.3, 0.4) is 0 Å². The first-order valence-corrected chi connectivity index (χ1v) is 6.69. The summed E-state index contributed by atoms with van der Waals surface area (Å²) in [5.74, 6) is -0.971. The zero-order valence-corrected chi connectivity index (χ0v) is 11.8. The van der Waals surface area contributed by atoms with Gasteiger partial charge < -0.3 is 9.47 Å². The second kappa shape index (κ2) is 6.17. The molecule has 0 unspecified atom stereocenters. The maximum absolute atomic E-state index is 12.7. The molecule has 0 radical (unpaired) electrons. The van der Waals surface area contributed by atoms with Crippen LogP contribution >= 0.6 is 11.3 Å². The molecule has 21 heavy (non-hydrogen) atoms. The molecule has 0 aliphatic carbocycles. The van der Waals surface area contributed by atoms with Gasteiger partial charge in [0, 0.05) is 6.07 Å². The first-order chi connectivity index (χ1) is 9.91. The van der Waals surface area contributed by atoms with Gasteiger partial charge >= 0.3 is 12.1 Å². The number of esters is 1. The van der Waals surface area contributed by atoms with Gasteiger partial charge in [0.2, 0.25) is 0 Å². The molecule has 1 aromatic heterocycles. The van der Waals surface area contributed by atoms with Crippen LogP contribution in [-0.4, -0.2) is 13.1 Å². The first-order valence-electron chi connectivity index (χ1n) is 5.88. The van der Waals surface area contributed by atoms with Gasteiger partial charge in [0.1, 0.15) is 17.2 Å². The van der Waals surface area contributed by atoms with E-state index >= 15 is 0 Å². The molecule has 0 aliphatic rings. The fourth-order valence-corrected chi connectivity index (χ4v) is 2.48. The van der Waals surface area contributed by atoms with Crippen LogP contribution < -0.4 is 4.74 Å². The molecule has 0 saturated heterocycles. The zero-order valence-electron chi connectivity index (χ0n) is 10.9. The van der Waals surface area contributed by atoms with Gasteiger partial charge in [0.15, 0.2) is 4.88 Å². The highest BCUT2D eigenvalue weighted by Gasteiger charge is 2.35. The Morgan fingerprint density at radius 3 is 2.48 bits per heavy atom. The number of hydrogen-bond donors (Lipinski definition) is 0. The van der Waals surface area contributed by atoms with Crippen LogP contribution in [-0.2, 0) is 17.5 Å². The molecule has 7 heteroatoms. The molecule has 3 nitrogen and oxygen atoms in total. The van der Waals surface area contributed by atoms with Gasteiger partial charge in [-0.3, -0.25) is 0 Å². The summed E-state index contributed by atoms with van der Waals surface area (Å²) >= 11 is 0.310. The second-order valence-corrected chi connectivity index (χ2v) is 5.12. The molecule has 0 aliphatic heterocycles. The summed E-state index contributed by atoms with van der Waals surface area (Å²) in [7, 11) is 1.11. The number of alkyl halides is 3. The average Bonchev–Trinajstić information content (AvgIpc) is 2.89. The summed E-state index contributed by atoms with van der Waals surface area (Å²) in [5, 5.41) is 0. The van der Waals surface area contributed by atoms with Crippen molar-refractivity contribution < 1.29 is 27.4 Å². The third kappa shape index (κ3) is 3.75. The van der Waals surface area contributed by atoms with E-state index in [9.17, 15) is 18.0 Å². The lowest BCUT2D eigenvalue weighted by molar-refractivity contribution is -0.134. The van der Waals surface area contributed by atoms with Crippen LogP contribution in [0, 0.1) is 0 Å². The second-order valence-electron chi connectivity index (χ2n) is 4.07. The monoisotopic (exact) mass is 316 g/mol. The van der Waals surface area contributed by atoms with Crippen molar-refractivity contribution in [2.24, 2.45) is 0 Å². The number of carbonyl (C=O) groups excluding carboxylic acids is 1. The number of thiophene rings is 1. The Kier molecular flexibility index (Phi) is 4.52. The van der Waals surface area contributed by atoms with Gasteiger partial charge in [-0.25, -0.2) is 4.79 Å². The van der Waals surface area contributed by atoms with Crippen LogP contribution in [0.25, 0.3) is 0 Å². The zero-order chi connectivity index (χ0) is 15.5. The molecule has 0 spiro atoms. The summed E-state index contributed by atoms with van der Waals surface area (Å²) in [6.07, 6.45) is -4.53. The Morgan fingerprint density at radius 1 is 1.24 bits per heavy atom. The predicted molar refractivity (Wildman–Crippen MR) is 71.4 cm³/mol. The molecular weight excluding hydrogens is 305 g/mol. The van der Waals surface area contributed by atoms with E-state index in [1.165, 1.54) is 0 Å². The normalized spacial score (nSPS) is 11.2. The molecule has 112 valence electrons. The van der Waals surface area contributed by atoms with Crippen molar-refractivity contribution in [3.8, 4) is 5.75 Å². The quantitative estimate of drug-likeness (QED) is 0.796. The lowest BCUT2D eigenvalue weighted by Crippen LogP contribution is -2.02. The minimum atomic E-state index is -4.53. The van der Waals surface area contributed by atoms with E-state index in [-0.39, 0.29) is 17.2 Å².